The van der Waals surface area contributed by atoms with Crippen LogP contribution in [0.1, 0.15) is 12.5 Å². The van der Waals surface area contributed by atoms with E-state index in [9.17, 15) is 5.11 Å². The number of nitrogens with zero attached hydrogens (tertiary/aromatic N) is 1. The van der Waals surface area contributed by atoms with Crippen LogP contribution in [0, 0.1) is 6.92 Å². The van der Waals surface area contributed by atoms with E-state index in [1.807, 2.05) is 44.2 Å². The molecule has 0 fully saturated rings. The van der Waals surface area contributed by atoms with Gasteiger partial charge in [-0.1, -0.05) is 0 Å². The zero-order valence-corrected chi connectivity index (χ0v) is 12.2. The number of aromatic nitrogens is 1. The Labute approximate surface area is 121 Å². The van der Waals surface area contributed by atoms with Crippen molar-refractivity contribution >= 4 is 21.6 Å². The Hall–Kier alpha value is -2.07. The van der Waals surface area contributed by atoms with Gasteiger partial charge in [-0.15, -0.1) is 11.3 Å². The van der Waals surface area contributed by atoms with E-state index in [2.05, 4.69) is 4.98 Å². The SMILES string of the molecule is CCOc1ccc2nc(-c3ccc(O)c(C)c3)sc2c1. The summed E-state index contributed by atoms with van der Waals surface area (Å²) in [7, 11) is 0. The highest BCUT2D eigenvalue weighted by atomic mass is 32.1. The van der Waals surface area contributed by atoms with Crippen molar-refractivity contribution in [3.8, 4) is 22.1 Å². The Bertz CT molecular complexity index is 764. The number of fused-ring (bicyclic) bond motifs is 1. The van der Waals surface area contributed by atoms with Crippen LogP contribution in [0.5, 0.6) is 11.5 Å². The number of benzene rings is 2. The topological polar surface area (TPSA) is 42.4 Å². The summed E-state index contributed by atoms with van der Waals surface area (Å²) >= 11 is 1.63. The Morgan fingerprint density at radius 2 is 2.05 bits per heavy atom. The minimum Gasteiger partial charge on any atom is -0.508 e. The van der Waals surface area contributed by atoms with Gasteiger partial charge in [-0.3, -0.25) is 0 Å². The molecular weight excluding hydrogens is 270 g/mol. The van der Waals surface area contributed by atoms with Crippen molar-refractivity contribution in [1.82, 2.24) is 4.98 Å². The molecule has 1 heterocycles. The van der Waals surface area contributed by atoms with Crippen LogP contribution in [0.15, 0.2) is 36.4 Å². The normalized spacial score (nSPS) is 10.9. The fraction of sp³-hybridized carbons (Fsp3) is 0.188. The van der Waals surface area contributed by atoms with Crippen LogP contribution in [-0.2, 0) is 0 Å². The summed E-state index contributed by atoms with van der Waals surface area (Å²) in [5, 5.41) is 10.5. The average molecular weight is 285 g/mol. The lowest BCUT2D eigenvalue weighted by Crippen LogP contribution is -1.89. The second-order valence-corrected chi connectivity index (χ2v) is 5.61. The minimum atomic E-state index is 0.313. The number of aryl methyl sites for hydroxylation is 1. The highest BCUT2D eigenvalue weighted by Crippen LogP contribution is 2.33. The van der Waals surface area contributed by atoms with Crippen molar-refractivity contribution in [3.05, 3.63) is 42.0 Å². The van der Waals surface area contributed by atoms with E-state index < -0.39 is 0 Å². The van der Waals surface area contributed by atoms with Gasteiger partial charge in [0.05, 0.1) is 16.8 Å². The number of hydrogen-bond donors (Lipinski definition) is 1. The van der Waals surface area contributed by atoms with E-state index in [0.717, 1.165) is 32.1 Å². The third kappa shape index (κ3) is 2.34. The molecule has 0 unspecified atom stereocenters. The Kier molecular flexibility index (Phi) is 3.32. The van der Waals surface area contributed by atoms with Crippen molar-refractivity contribution in [2.75, 3.05) is 6.61 Å². The summed E-state index contributed by atoms with van der Waals surface area (Å²) in [4.78, 5) is 4.64. The van der Waals surface area contributed by atoms with Gasteiger partial charge in [0.25, 0.3) is 0 Å². The smallest absolute Gasteiger partial charge is 0.124 e. The van der Waals surface area contributed by atoms with Gasteiger partial charge >= 0.3 is 0 Å². The fourth-order valence-corrected chi connectivity index (χ4v) is 3.06. The predicted molar refractivity (Wildman–Crippen MR) is 82.6 cm³/mol. The second kappa shape index (κ2) is 5.13. The van der Waals surface area contributed by atoms with Gasteiger partial charge in [-0.25, -0.2) is 4.98 Å². The van der Waals surface area contributed by atoms with Gasteiger partial charge in [0.15, 0.2) is 0 Å². The van der Waals surface area contributed by atoms with Crippen molar-refractivity contribution < 1.29 is 9.84 Å². The molecule has 0 radical (unpaired) electrons. The lowest BCUT2D eigenvalue weighted by molar-refractivity contribution is 0.341. The Morgan fingerprint density at radius 1 is 1.20 bits per heavy atom. The van der Waals surface area contributed by atoms with Crippen LogP contribution in [0.2, 0.25) is 0 Å². The van der Waals surface area contributed by atoms with Gasteiger partial charge in [0.1, 0.15) is 16.5 Å². The maximum atomic E-state index is 9.59. The number of thiazole rings is 1. The van der Waals surface area contributed by atoms with Crippen LogP contribution in [0.3, 0.4) is 0 Å². The highest BCUT2D eigenvalue weighted by molar-refractivity contribution is 7.21. The largest absolute Gasteiger partial charge is 0.508 e. The first-order valence-corrected chi connectivity index (χ1v) is 7.32. The zero-order chi connectivity index (χ0) is 14.1. The second-order valence-electron chi connectivity index (χ2n) is 4.58. The molecule has 0 amide bonds. The van der Waals surface area contributed by atoms with Gasteiger partial charge in [-0.2, -0.15) is 0 Å². The molecule has 0 aliphatic heterocycles. The number of hydrogen-bond acceptors (Lipinski definition) is 4. The van der Waals surface area contributed by atoms with Crippen LogP contribution < -0.4 is 4.74 Å². The maximum Gasteiger partial charge on any atom is 0.124 e. The molecule has 3 nitrogen and oxygen atoms in total. The molecule has 0 aliphatic rings. The predicted octanol–water partition coefficient (Wildman–Crippen LogP) is 4.38. The molecule has 0 saturated heterocycles. The zero-order valence-electron chi connectivity index (χ0n) is 11.4. The molecule has 0 spiro atoms. The first-order valence-electron chi connectivity index (χ1n) is 6.51. The van der Waals surface area contributed by atoms with Crippen molar-refractivity contribution in [3.63, 3.8) is 0 Å². The molecule has 4 heteroatoms. The van der Waals surface area contributed by atoms with E-state index in [4.69, 9.17) is 4.74 Å². The molecule has 0 bridgehead atoms. The summed E-state index contributed by atoms with van der Waals surface area (Å²) in [6, 6.07) is 11.5. The highest BCUT2D eigenvalue weighted by Gasteiger charge is 2.08. The summed E-state index contributed by atoms with van der Waals surface area (Å²) in [6.45, 7) is 4.52. The average Bonchev–Trinajstić information content (AvgIpc) is 2.85. The number of phenols is 1. The van der Waals surface area contributed by atoms with Crippen LogP contribution >= 0.6 is 11.3 Å². The Balaban J connectivity index is 2.05. The first-order chi connectivity index (χ1) is 9.67. The van der Waals surface area contributed by atoms with Gasteiger partial charge in [0.2, 0.25) is 0 Å². The van der Waals surface area contributed by atoms with Crippen molar-refractivity contribution in [1.29, 1.82) is 0 Å². The number of ether oxygens (including phenoxy) is 1. The minimum absolute atomic E-state index is 0.313. The molecule has 20 heavy (non-hydrogen) atoms. The molecule has 0 atom stereocenters. The van der Waals surface area contributed by atoms with E-state index in [1.165, 1.54) is 0 Å². The Morgan fingerprint density at radius 3 is 2.80 bits per heavy atom. The fourth-order valence-electron chi connectivity index (χ4n) is 2.07. The van der Waals surface area contributed by atoms with E-state index >= 15 is 0 Å². The molecule has 3 aromatic rings. The quantitative estimate of drug-likeness (QED) is 0.776. The van der Waals surface area contributed by atoms with Gasteiger partial charge in [0, 0.05) is 5.56 Å². The van der Waals surface area contributed by atoms with Gasteiger partial charge in [-0.05, 0) is 55.8 Å². The molecule has 102 valence electrons. The molecule has 0 saturated carbocycles. The van der Waals surface area contributed by atoms with E-state index in [1.54, 1.807) is 17.4 Å². The summed E-state index contributed by atoms with van der Waals surface area (Å²) < 4.78 is 6.62. The first kappa shape index (κ1) is 12.9. The summed E-state index contributed by atoms with van der Waals surface area (Å²) in [6.07, 6.45) is 0. The molecule has 3 rings (SSSR count). The molecule has 1 aromatic heterocycles. The van der Waals surface area contributed by atoms with E-state index in [0.29, 0.717) is 12.4 Å². The molecule has 1 N–H and O–H groups in total. The maximum absolute atomic E-state index is 9.59. The molecular formula is C16H15NO2S. The van der Waals surface area contributed by atoms with Crippen molar-refractivity contribution in [2.24, 2.45) is 0 Å². The monoisotopic (exact) mass is 285 g/mol. The third-order valence-electron chi connectivity index (χ3n) is 3.11. The number of phenolic OH excluding ortho intramolecular Hbond substituents is 1. The van der Waals surface area contributed by atoms with Gasteiger partial charge < -0.3 is 9.84 Å². The molecule has 0 aliphatic carbocycles. The van der Waals surface area contributed by atoms with E-state index in [-0.39, 0.29) is 0 Å². The summed E-state index contributed by atoms with van der Waals surface area (Å²) in [5.41, 5.74) is 2.86. The van der Waals surface area contributed by atoms with Crippen LogP contribution in [-0.4, -0.2) is 16.7 Å². The number of rotatable bonds is 3. The van der Waals surface area contributed by atoms with Crippen molar-refractivity contribution in [2.45, 2.75) is 13.8 Å². The third-order valence-corrected chi connectivity index (χ3v) is 4.18. The summed E-state index contributed by atoms with van der Waals surface area (Å²) in [5.74, 6) is 1.19. The lowest BCUT2D eigenvalue weighted by Gasteiger charge is -2.00. The van der Waals surface area contributed by atoms with Crippen LogP contribution in [0.25, 0.3) is 20.8 Å². The lowest BCUT2D eigenvalue weighted by atomic mass is 10.1. The number of aromatic hydroxyl groups is 1. The van der Waals surface area contributed by atoms with Crippen LogP contribution in [0.4, 0.5) is 0 Å². The molecule has 2 aromatic carbocycles. The standard InChI is InChI=1S/C16H15NO2S/c1-3-19-12-5-6-13-15(9-12)20-16(17-13)11-4-7-14(18)10(2)8-11/h4-9,18H,3H2,1-2H3.